The van der Waals surface area contributed by atoms with E-state index in [1.807, 2.05) is 12.1 Å². The Labute approximate surface area is 123 Å². The first-order chi connectivity index (χ1) is 9.88. The van der Waals surface area contributed by atoms with Gasteiger partial charge < -0.3 is 9.84 Å². The van der Waals surface area contributed by atoms with Gasteiger partial charge in [0, 0.05) is 6.26 Å². The molecule has 21 heavy (non-hydrogen) atoms. The van der Waals surface area contributed by atoms with Gasteiger partial charge in [-0.3, -0.25) is 0 Å². The second kappa shape index (κ2) is 6.13. The monoisotopic (exact) mass is 308 g/mol. The Morgan fingerprint density at radius 2 is 1.90 bits per heavy atom. The van der Waals surface area contributed by atoms with Crippen LogP contribution in [0.3, 0.4) is 0 Å². The van der Waals surface area contributed by atoms with Crippen LogP contribution in [0.1, 0.15) is 16.8 Å². The van der Waals surface area contributed by atoms with Gasteiger partial charge in [-0.25, -0.2) is 13.2 Å². The lowest BCUT2D eigenvalue weighted by atomic mass is 10.0. The Morgan fingerprint density at radius 1 is 1.19 bits per heavy atom. The van der Waals surface area contributed by atoms with E-state index in [1.54, 1.807) is 24.3 Å². The molecule has 0 spiro atoms. The molecule has 0 fully saturated rings. The fourth-order valence-electron chi connectivity index (χ4n) is 2.10. The number of sulfone groups is 1. The number of hydrogen-bond donors (Lipinski definition) is 1. The van der Waals surface area contributed by atoms with E-state index in [0.717, 1.165) is 11.6 Å². The summed E-state index contributed by atoms with van der Waals surface area (Å²) in [6.07, 6.45) is 1.48. The number of aromatic carboxylic acids is 1. The van der Waals surface area contributed by atoms with Crippen molar-refractivity contribution >= 4 is 26.6 Å². The highest BCUT2D eigenvalue weighted by Crippen LogP contribution is 2.28. The molecule has 2 aromatic carbocycles. The number of fused-ring (bicyclic) bond motifs is 1. The summed E-state index contributed by atoms with van der Waals surface area (Å²) in [7, 11) is -3.04. The molecule has 0 radical (unpaired) electrons. The van der Waals surface area contributed by atoms with Crippen LogP contribution in [-0.2, 0) is 9.84 Å². The van der Waals surface area contributed by atoms with E-state index < -0.39 is 15.8 Å². The van der Waals surface area contributed by atoms with E-state index in [0.29, 0.717) is 11.8 Å². The van der Waals surface area contributed by atoms with Crippen molar-refractivity contribution in [2.45, 2.75) is 6.42 Å². The number of rotatable bonds is 6. The standard InChI is InChI=1S/C15H16O5S/c1-21(18,19)10-4-9-20-13-8-7-11-5-2-3-6-12(11)14(13)15(16)17/h2-3,5-8H,4,9-10H2,1H3,(H,16,17). The van der Waals surface area contributed by atoms with E-state index in [2.05, 4.69) is 0 Å². The Kier molecular flexibility index (Phi) is 4.47. The van der Waals surface area contributed by atoms with Gasteiger partial charge in [0.2, 0.25) is 0 Å². The van der Waals surface area contributed by atoms with Gasteiger partial charge in [0.1, 0.15) is 21.2 Å². The molecule has 6 heteroatoms. The Balaban J connectivity index is 2.23. The number of hydrogen-bond acceptors (Lipinski definition) is 4. The average Bonchev–Trinajstić information content (AvgIpc) is 2.41. The van der Waals surface area contributed by atoms with Crippen molar-refractivity contribution in [3.8, 4) is 5.75 Å². The van der Waals surface area contributed by atoms with Gasteiger partial charge in [-0.05, 0) is 23.3 Å². The SMILES string of the molecule is CS(=O)(=O)CCCOc1ccc2ccccc2c1C(=O)O. The maximum atomic E-state index is 11.5. The molecule has 0 aliphatic heterocycles. The van der Waals surface area contributed by atoms with Crippen LogP contribution in [0, 0.1) is 0 Å². The Hall–Kier alpha value is -2.08. The van der Waals surface area contributed by atoms with E-state index in [-0.39, 0.29) is 23.7 Å². The zero-order valence-corrected chi connectivity index (χ0v) is 12.4. The van der Waals surface area contributed by atoms with Gasteiger partial charge in [-0.1, -0.05) is 30.3 Å². The molecule has 0 aromatic heterocycles. The minimum atomic E-state index is -3.04. The van der Waals surface area contributed by atoms with Gasteiger partial charge in [0.05, 0.1) is 12.4 Å². The third-order valence-corrected chi connectivity index (χ3v) is 4.05. The third kappa shape index (κ3) is 3.95. The lowest BCUT2D eigenvalue weighted by Gasteiger charge is -2.11. The van der Waals surface area contributed by atoms with Crippen LogP contribution in [-0.4, -0.2) is 38.1 Å². The maximum absolute atomic E-state index is 11.5. The molecule has 0 saturated heterocycles. The quantitative estimate of drug-likeness (QED) is 0.829. The zero-order chi connectivity index (χ0) is 15.5. The lowest BCUT2D eigenvalue weighted by molar-refractivity contribution is 0.0694. The fourth-order valence-corrected chi connectivity index (χ4v) is 2.74. The molecule has 0 bridgehead atoms. The van der Waals surface area contributed by atoms with Crippen LogP contribution in [0.25, 0.3) is 10.8 Å². The molecule has 5 nitrogen and oxygen atoms in total. The predicted molar refractivity (Wildman–Crippen MR) is 80.7 cm³/mol. The maximum Gasteiger partial charge on any atom is 0.340 e. The van der Waals surface area contributed by atoms with Crippen molar-refractivity contribution in [1.82, 2.24) is 0 Å². The van der Waals surface area contributed by atoms with Crippen molar-refractivity contribution < 1.29 is 23.1 Å². The number of carboxylic acids is 1. The first-order valence-electron chi connectivity index (χ1n) is 6.44. The van der Waals surface area contributed by atoms with E-state index in [9.17, 15) is 18.3 Å². The predicted octanol–water partition coefficient (Wildman–Crippen LogP) is 2.35. The summed E-state index contributed by atoms with van der Waals surface area (Å²) >= 11 is 0. The number of ether oxygens (including phenoxy) is 1. The van der Waals surface area contributed by atoms with Crippen molar-refractivity contribution in [1.29, 1.82) is 0 Å². The fraction of sp³-hybridized carbons (Fsp3) is 0.267. The van der Waals surface area contributed by atoms with Crippen molar-refractivity contribution in [2.75, 3.05) is 18.6 Å². The first kappa shape index (κ1) is 15.3. The zero-order valence-electron chi connectivity index (χ0n) is 11.6. The Morgan fingerprint density at radius 3 is 2.57 bits per heavy atom. The van der Waals surface area contributed by atoms with Crippen molar-refractivity contribution in [2.24, 2.45) is 0 Å². The van der Waals surface area contributed by atoms with Crippen LogP contribution in [0.2, 0.25) is 0 Å². The van der Waals surface area contributed by atoms with Gasteiger partial charge in [0.15, 0.2) is 0 Å². The number of carboxylic acid groups (broad SMARTS) is 1. The highest BCUT2D eigenvalue weighted by molar-refractivity contribution is 7.90. The molecule has 1 N–H and O–H groups in total. The summed E-state index contributed by atoms with van der Waals surface area (Å²) in [6, 6.07) is 10.5. The summed E-state index contributed by atoms with van der Waals surface area (Å²) in [5, 5.41) is 10.8. The van der Waals surface area contributed by atoms with Crippen molar-refractivity contribution in [3.63, 3.8) is 0 Å². The molecule has 2 aromatic rings. The smallest absolute Gasteiger partial charge is 0.340 e. The summed E-state index contributed by atoms with van der Waals surface area (Å²) in [4.78, 5) is 11.5. The molecule has 0 saturated carbocycles. The highest BCUT2D eigenvalue weighted by Gasteiger charge is 2.15. The van der Waals surface area contributed by atoms with Crippen LogP contribution in [0.5, 0.6) is 5.75 Å². The van der Waals surface area contributed by atoms with Crippen LogP contribution >= 0.6 is 0 Å². The van der Waals surface area contributed by atoms with Crippen LogP contribution in [0.15, 0.2) is 36.4 Å². The Bertz CT molecular complexity index is 765. The van der Waals surface area contributed by atoms with E-state index in [1.165, 1.54) is 0 Å². The van der Waals surface area contributed by atoms with E-state index in [4.69, 9.17) is 4.74 Å². The third-order valence-electron chi connectivity index (χ3n) is 3.02. The molecule has 0 atom stereocenters. The van der Waals surface area contributed by atoms with Gasteiger partial charge in [0.25, 0.3) is 0 Å². The molecule has 0 unspecified atom stereocenters. The average molecular weight is 308 g/mol. The summed E-state index contributed by atoms with van der Waals surface area (Å²) in [6.45, 7) is 0.158. The molecular formula is C15H16O5S. The minimum Gasteiger partial charge on any atom is -0.493 e. The normalized spacial score (nSPS) is 11.5. The molecule has 0 aliphatic carbocycles. The molecule has 112 valence electrons. The number of benzene rings is 2. The minimum absolute atomic E-state index is 0.0169. The van der Waals surface area contributed by atoms with Gasteiger partial charge in [-0.15, -0.1) is 0 Å². The van der Waals surface area contributed by atoms with Crippen molar-refractivity contribution in [3.05, 3.63) is 42.0 Å². The summed E-state index contributed by atoms with van der Waals surface area (Å²) in [5.41, 5.74) is 0.104. The molecule has 0 amide bonds. The lowest BCUT2D eigenvalue weighted by Crippen LogP contribution is -2.10. The summed E-state index contributed by atoms with van der Waals surface area (Å²) in [5.74, 6) is -0.789. The number of carbonyl (C=O) groups is 1. The second-order valence-corrected chi connectivity index (χ2v) is 7.06. The van der Waals surface area contributed by atoms with Gasteiger partial charge in [-0.2, -0.15) is 0 Å². The largest absolute Gasteiger partial charge is 0.493 e. The second-order valence-electron chi connectivity index (χ2n) is 4.80. The summed E-state index contributed by atoms with van der Waals surface area (Å²) < 4.78 is 27.5. The topological polar surface area (TPSA) is 80.7 Å². The van der Waals surface area contributed by atoms with E-state index >= 15 is 0 Å². The molecule has 0 heterocycles. The highest BCUT2D eigenvalue weighted by atomic mass is 32.2. The van der Waals surface area contributed by atoms with Gasteiger partial charge >= 0.3 is 5.97 Å². The first-order valence-corrected chi connectivity index (χ1v) is 8.50. The molecule has 0 aliphatic rings. The molecular weight excluding hydrogens is 292 g/mol. The van der Waals surface area contributed by atoms with Crippen LogP contribution < -0.4 is 4.74 Å². The molecule has 2 rings (SSSR count). The van der Waals surface area contributed by atoms with Crippen LogP contribution in [0.4, 0.5) is 0 Å².